The summed E-state index contributed by atoms with van der Waals surface area (Å²) in [5, 5.41) is 4.08. The number of aryl methyl sites for hydroxylation is 1. The standard InChI is InChI=1S/C31H35NO7S/c1-6-37-29(33)28(30(34)38-31(3,4)5)26(23-13-9-7-10-14-23)21-27(24-15-11-8-12-16-24)32-39-40(35,36)25-19-17-22(2)18-20-25/h7-20,26,28H,6,21H2,1-5H3/b32-27-. The predicted molar refractivity (Wildman–Crippen MR) is 152 cm³/mol. The van der Waals surface area contributed by atoms with Gasteiger partial charge >= 0.3 is 22.1 Å². The van der Waals surface area contributed by atoms with Crippen LogP contribution in [0.5, 0.6) is 0 Å². The molecule has 212 valence electrons. The van der Waals surface area contributed by atoms with Crippen LogP contribution in [0.3, 0.4) is 0 Å². The van der Waals surface area contributed by atoms with Crippen molar-refractivity contribution in [1.29, 1.82) is 0 Å². The van der Waals surface area contributed by atoms with E-state index in [-0.39, 0.29) is 23.6 Å². The maximum absolute atomic E-state index is 13.4. The Morgan fingerprint density at radius 3 is 1.98 bits per heavy atom. The van der Waals surface area contributed by atoms with Gasteiger partial charge in [0.25, 0.3) is 0 Å². The lowest BCUT2D eigenvalue weighted by Crippen LogP contribution is -2.38. The lowest BCUT2D eigenvalue weighted by Gasteiger charge is -2.28. The van der Waals surface area contributed by atoms with Gasteiger partial charge in [0.15, 0.2) is 5.92 Å². The van der Waals surface area contributed by atoms with Crippen LogP contribution in [-0.2, 0) is 33.5 Å². The Hall–Kier alpha value is -3.98. The highest BCUT2D eigenvalue weighted by atomic mass is 32.2. The van der Waals surface area contributed by atoms with Gasteiger partial charge in [0, 0.05) is 12.3 Å². The Bertz CT molecular complexity index is 1410. The number of hydrogen-bond acceptors (Lipinski definition) is 8. The average molecular weight is 566 g/mol. The van der Waals surface area contributed by atoms with Crippen molar-refractivity contribution in [2.45, 2.75) is 57.5 Å². The van der Waals surface area contributed by atoms with E-state index in [2.05, 4.69) is 5.16 Å². The van der Waals surface area contributed by atoms with Crippen molar-refractivity contribution in [2.75, 3.05) is 6.61 Å². The number of rotatable bonds is 11. The first kappa shape index (κ1) is 30.6. The van der Waals surface area contributed by atoms with Crippen molar-refractivity contribution in [3.63, 3.8) is 0 Å². The summed E-state index contributed by atoms with van der Waals surface area (Å²) in [4.78, 5) is 26.6. The average Bonchev–Trinajstić information content (AvgIpc) is 2.90. The van der Waals surface area contributed by atoms with E-state index < -0.39 is 39.5 Å². The summed E-state index contributed by atoms with van der Waals surface area (Å²) >= 11 is 0. The van der Waals surface area contributed by atoms with Gasteiger partial charge in [0.05, 0.1) is 12.3 Å². The van der Waals surface area contributed by atoms with Gasteiger partial charge in [-0.1, -0.05) is 83.5 Å². The minimum Gasteiger partial charge on any atom is -0.465 e. The summed E-state index contributed by atoms with van der Waals surface area (Å²) in [7, 11) is -4.24. The molecule has 3 aromatic carbocycles. The van der Waals surface area contributed by atoms with Gasteiger partial charge in [-0.05, 0) is 57.9 Å². The van der Waals surface area contributed by atoms with E-state index in [1.165, 1.54) is 12.1 Å². The third kappa shape index (κ3) is 8.51. The van der Waals surface area contributed by atoms with Crippen molar-refractivity contribution in [1.82, 2.24) is 0 Å². The normalized spacial score (nSPS) is 13.7. The molecule has 0 saturated carbocycles. The third-order valence-electron chi connectivity index (χ3n) is 5.91. The fourth-order valence-corrected chi connectivity index (χ4v) is 4.78. The van der Waals surface area contributed by atoms with E-state index in [9.17, 15) is 18.0 Å². The summed E-state index contributed by atoms with van der Waals surface area (Å²) in [5.74, 6) is -3.64. The highest BCUT2D eigenvalue weighted by Crippen LogP contribution is 2.33. The fraction of sp³-hybridized carbons (Fsp3) is 0.323. The van der Waals surface area contributed by atoms with Gasteiger partial charge in [0.1, 0.15) is 10.5 Å². The molecule has 0 N–H and O–H groups in total. The molecule has 3 aromatic rings. The van der Waals surface area contributed by atoms with Crippen LogP contribution in [0, 0.1) is 12.8 Å². The molecule has 3 rings (SSSR count). The first-order valence-electron chi connectivity index (χ1n) is 13.0. The van der Waals surface area contributed by atoms with Crippen molar-refractivity contribution < 1.29 is 31.8 Å². The molecule has 0 aliphatic rings. The maximum Gasteiger partial charge on any atom is 0.358 e. The van der Waals surface area contributed by atoms with E-state index >= 15 is 0 Å². The van der Waals surface area contributed by atoms with E-state index in [1.54, 1.807) is 88.4 Å². The quantitative estimate of drug-likeness (QED) is 0.125. The molecule has 0 saturated heterocycles. The second kappa shape index (κ2) is 13.4. The summed E-state index contributed by atoms with van der Waals surface area (Å²) < 4.78 is 42.0. The molecule has 0 fully saturated rings. The van der Waals surface area contributed by atoms with Crippen molar-refractivity contribution in [2.24, 2.45) is 11.1 Å². The highest BCUT2D eigenvalue weighted by molar-refractivity contribution is 7.86. The second-order valence-electron chi connectivity index (χ2n) is 10.2. The Morgan fingerprint density at radius 2 is 1.43 bits per heavy atom. The number of carbonyl (C=O) groups is 2. The number of benzene rings is 3. The van der Waals surface area contributed by atoms with Crippen LogP contribution < -0.4 is 0 Å². The summed E-state index contributed by atoms with van der Waals surface area (Å²) in [6.07, 6.45) is -0.0276. The van der Waals surface area contributed by atoms with E-state index in [1.807, 2.05) is 19.1 Å². The van der Waals surface area contributed by atoms with Crippen LogP contribution in [0.1, 0.15) is 56.7 Å². The molecule has 8 nitrogen and oxygen atoms in total. The number of ether oxygens (including phenoxy) is 2. The Labute approximate surface area is 236 Å². The molecule has 0 aliphatic carbocycles. The molecular weight excluding hydrogens is 530 g/mol. The molecular formula is C31H35NO7S. The Kier molecular flexibility index (Phi) is 10.2. The van der Waals surface area contributed by atoms with Gasteiger partial charge in [-0.3, -0.25) is 13.9 Å². The lowest BCUT2D eigenvalue weighted by atomic mass is 9.81. The van der Waals surface area contributed by atoms with Crippen LogP contribution in [0.2, 0.25) is 0 Å². The number of oxime groups is 1. The molecule has 9 heteroatoms. The number of nitrogens with zero attached hydrogens (tertiary/aromatic N) is 1. The fourth-order valence-electron chi connectivity index (χ4n) is 4.04. The number of hydrogen-bond donors (Lipinski definition) is 0. The molecule has 0 aliphatic heterocycles. The maximum atomic E-state index is 13.4. The predicted octanol–water partition coefficient (Wildman–Crippen LogP) is 5.80. The van der Waals surface area contributed by atoms with Gasteiger partial charge < -0.3 is 9.47 Å². The monoisotopic (exact) mass is 565 g/mol. The molecule has 0 bridgehead atoms. The number of carbonyl (C=O) groups excluding carboxylic acids is 2. The van der Waals surface area contributed by atoms with Gasteiger partial charge in [-0.2, -0.15) is 8.42 Å². The molecule has 0 radical (unpaired) electrons. The highest BCUT2D eigenvalue weighted by Gasteiger charge is 2.41. The van der Waals surface area contributed by atoms with E-state index in [0.29, 0.717) is 11.1 Å². The summed E-state index contributed by atoms with van der Waals surface area (Å²) in [6, 6.07) is 24.0. The minimum atomic E-state index is -4.24. The largest absolute Gasteiger partial charge is 0.465 e. The molecule has 0 amide bonds. The molecule has 2 atom stereocenters. The second-order valence-corrected chi connectivity index (χ2v) is 11.8. The zero-order valence-electron chi connectivity index (χ0n) is 23.4. The van der Waals surface area contributed by atoms with Gasteiger partial charge in [-0.25, -0.2) is 0 Å². The van der Waals surface area contributed by atoms with Crippen LogP contribution >= 0.6 is 0 Å². The van der Waals surface area contributed by atoms with Crippen LogP contribution in [0.15, 0.2) is 95.0 Å². The van der Waals surface area contributed by atoms with Crippen LogP contribution in [0.25, 0.3) is 0 Å². The minimum absolute atomic E-state index is 0.0276. The van der Waals surface area contributed by atoms with Crippen molar-refractivity contribution in [3.05, 3.63) is 102 Å². The Morgan fingerprint density at radius 1 is 0.850 bits per heavy atom. The summed E-state index contributed by atoms with van der Waals surface area (Å²) in [6.45, 7) is 8.71. The summed E-state index contributed by atoms with van der Waals surface area (Å²) in [5.41, 5.74) is 1.48. The molecule has 0 spiro atoms. The van der Waals surface area contributed by atoms with Gasteiger partial charge in [-0.15, -0.1) is 0 Å². The van der Waals surface area contributed by atoms with Crippen molar-refractivity contribution in [3.8, 4) is 0 Å². The lowest BCUT2D eigenvalue weighted by molar-refractivity contribution is -0.170. The zero-order chi connectivity index (χ0) is 29.3. The van der Waals surface area contributed by atoms with Gasteiger partial charge in [0.2, 0.25) is 0 Å². The first-order valence-corrected chi connectivity index (χ1v) is 14.4. The van der Waals surface area contributed by atoms with E-state index in [0.717, 1.165) is 5.56 Å². The van der Waals surface area contributed by atoms with Crippen molar-refractivity contribution >= 4 is 27.8 Å². The zero-order valence-corrected chi connectivity index (χ0v) is 24.2. The SMILES string of the molecule is CCOC(=O)C(C(=O)OC(C)(C)C)C(C/C(=N/OS(=O)(=O)c1ccc(C)cc1)c1ccccc1)c1ccccc1. The number of esters is 2. The smallest absolute Gasteiger partial charge is 0.358 e. The third-order valence-corrected chi connectivity index (χ3v) is 7.03. The molecule has 40 heavy (non-hydrogen) atoms. The Balaban J connectivity index is 2.10. The topological polar surface area (TPSA) is 108 Å². The van der Waals surface area contributed by atoms with Crippen LogP contribution in [-0.4, -0.2) is 38.3 Å². The van der Waals surface area contributed by atoms with E-state index in [4.69, 9.17) is 13.8 Å². The molecule has 0 aromatic heterocycles. The van der Waals surface area contributed by atoms with Crippen LogP contribution in [0.4, 0.5) is 0 Å². The molecule has 0 heterocycles. The first-order chi connectivity index (χ1) is 18.9. The molecule has 2 unspecified atom stereocenters.